The van der Waals surface area contributed by atoms with Gasteiger partial charge in [-0.3, -0.25) is 4.90 Å². The summed E-state index contributed by atoms with van der Waals surface area (Å²) in [5.74, 6) is 8.08. The third-order valence-electron chi connectivity index (χ3n) is 6.34. The Morgan fingerprint density at radius 2 is 2.09 bits per heavy atom. The molecule has 2 fully saturated rings. The number of hydrogen-bond donors (Lipinski definition) is 0. The second-order valence-corrected chi connectivity index (χ2v) is 9.07. The van der Waals surface area contributed by atoms with Gasteiger partial charge in [0.2, 0.25) is 0 Å². The number of imidazole rings is 1. The van der Waals surface area contributed by atoms with E-state index in [0.29, 0.717) is 18.8 Å². The van der Waals surface area contributed by atoms with E-state index in [2.05, 4.69) is 33.0 Å². The van der Waals surface area contributed by atoms with Gasteiger partial charge in [-0.05, 0) is 50.5 Å². The molecule has 0 N–H and O–H groups in total. The maximum atomic E-state index is 8.84. The predicted molar refractivity (Wildman–Crippen MR) is 129 cm³/mol. The van der Waals surface area contributed by atoms with Crippen molar-refractivity contribution in [1.29, 1.82) is 5.26 Å². The Labute approximate surface area is 205 Å². The van der Waals surface area contributed by atoms with Gasteiger partial charge < -0.3 is 18.6 Å². The summed E-state index contributed by atoms with van der Waals surface area (Å²) < 4.78 is 19.4. The first-order valence-corrected chi connectivity index (χ1v) is 12.1. The summed E-state index contributed by atoms with van der Waals surface area (Å²) in [7, 11) is 0. The lowest BCUT2D eigenvalue weighted by Crippen LogP contribution is -2.45. The number of aromatic nitrogens is 3. The summed E-state index contributed by atoms with van der Waals surface area (Å²) in [5.41, 5.74) is 2.71. The fourth-order valence-corrected chi connectivity index (χ4v) is 4.37. The number of hydrogen-bond acceptors (Lipinski definition) is 7. The summed E-state index contributed by atoms with van der Waals surface area (Å²) >= 11 is 0. The van der Waals surface area contributed by atoms with Gasteiger partial charge in [-0.1, -0.05) is 17.0 Å². The molecule has 8 heteroatoms. The molecule has 2 aromatic heterocycles. The highest BCUT2D eigenvalue weighted by molar-refractivity contribution is 5.59. The van der Waals surface area contributed by atoms with Crippen molar-refractivity contribution in [2.45, 2.75) is 45.1 Å². The Morgan fingerprint density at radius 3 is 2.86 bits per heavy atom. The molecule has 2 saturated heterocycles. The molecule has 0 aliphatic carbocycles. The van der Waals surface area contributed by atoms with Gasteiger partial charge >= 0.3 is 0 Å². The van der Waals surface area contributed by atoms with Gasteiger partial charge in [-0.15, -0.1) is 0 Å². The summed E-state index contributed by atoms with van der Waals surface area (Å²) in [6.45, 7) is 5.63. The van der Waals surface area contributed by atoms with Crippen LogP contribution in [0, 0.1) is 29.1 Å². The van der Waals surface area contributed by atoms with Crippen molar-refractivity contribution < 1.29 is 14.0 Å². The second-order valence-electron chi connectivity index (χ2n) is 9.07. The minimum absolute atomic E-state index is 0.163. The summed E-state index contributed by atoms with van der Waals surface area (Å²) in [4.78, 5) is 6.67. The predicted octanol–water partition coefficient (Wildman–Crippen LogP) is 4.00. The molecular formula is C27H29N5O3. The Hall–Kier alpha value is -3.43. The Balaban J connectivity index is 1.17. The van der Waals surface area contributed by atoms with Gasteiger partial charge in [0, 0.05) is 49.3 Å². The van der Waals surface area contributed by atoms with Crippen LogP contribution in [-0.2, 0) is 16.0 Å². The molecule has 0 saturated carbocycles. The maximum absolute atomic E-state index is 8.84. The molecule has 0 bridgehead atoms. The molecule has 8 nitrogen and oxygen atoms in total. The molecule has 3 aromatic rings. The van der Waals surface area contributed by atoms with Gasteiger partial charge in [0.1, 0.15) is 17.6 Å². The van der Waals surface area contributed by atoms with Crippen molar-refractivity contribution in [1.82, 2.24) is 19.6 Å². The average Bonchev–Trinajstić information content (AvgIpc) is 3.52. The molecule has 2 atom stereocenters. The van der Waals surface area contributed by atoms with E-state index in [0.717, 1.165) is 61.6 Å². The zero-order valence-electron chi connectivity index (χ0n) is 19.9. The van der Waals surface area contributed by atoms with Crippen LogP contribution in [0.2, 0.25) is 0 Å². The van der Waals surface area contributed by atoms with Crippen molar-refractivity contribution in [3.05, 3.63) is 59.8 Å². The lowest BCUT2D eigenvalue weighted by molar-refractivity contribution is -0.188. The standard InChI is InChI=1S/C27H29N5O3/c1-20(34-26-6-2-3-14-33-26)27-29-11-13-32(27)19-24-15-25(35-30-24)23-9-7-21(8-10-23)5-4-12-31-17-22(16-28)18-31/h7-11,13,15,20,22,26H,2-3,6,12,14,17-19H2,1H3/t20-,26?/m0/s1. The van der Waals surface area contributed by atoms with Crippen LogP contribution in [0.3, 0.4) is 0 Å². The lowest BCUT2D eigenvalue weighted by Gasteiger charge is -2.33. The van der Waals surface area contributed by atoms with E-state index in [-0.39, 0.29) is 18.3 Å². The van der Waals surface area contributed by atoms with Gasteiger partial charge in [0.25, 0.3) is 0 Å². The van der Waals surface area contributed by atoms with Crippen LogP contribution in [-0.4, -0.2) is 52.1 Å². The molecular weight excluding hydrogens is 442 g/mol. The molecule has 0 spiro atoms. The number of likely N-dealkylation sites (tertiary alicyclic amines) is 1. The first-order chi connectivity index (χ1) is 17.2. The van der Waals surface area contributed by atoms with Crippen molar-refractivity contribution in [2.24, 2.45) is 5.92 Å². The third kappa shape index (κ3) is 5.80. The van der Waals surface area contributed by atoms with E-state index in [4.69, 9.17) is 19.3 Å². The van der Waals surface area contributed by atoms with Crippen LogP contribution in [0.1, 0.15) is 49.4 Å². The molecule has 35 heavy (non-hydrogen) atoms. The molecule has 1 unspecified atom stereocenters. The first kappa shape index (κ1) is 23.3. The molecule has 0 amide bonds. The Morgan fingerprint density at radius 1 is 1.23 bits per heavy atom. The molecule has 2 aliphatic rings. The summed E-state index contributed by atoms with van der Waals surface area (Å²) in [6.07, 6.45) is 6.51. The van der Waals surface area contributed by atoms with Gasteiger partial charge in [-0.2, -0.15) is 5.26 Å². The van der Waals surface area contributed by atoms with Crippen molar-refractivity contribution in [3.8, 4) is 29.2 Å². The maximum Gasteiger partial charge on any atom is 0.167 e. The monoisotopic (exact) mass is 471 g/mol. The van der Waals surface area contributed by atoms with Crippen LogP contribution in [0.15, 0.2) is 47.2 Å². The number of benzene rings is 1. The van der Waals surface area contributed by atoms with E-state index < -0.39 is 0 Å². The number of nitriles is 1. The average molecular weight is 472 g/mol. The molecule has 180 valence electrons. The topological polar surface area (TPSA) is 89.3 Å². The second kappa shape index (κ2) is 10.9. The highest BCUT2D eigenvalue weighted by Crippen LogP contribution is 2.25. The summed E-state index contributed by atoms with van der Waals surface area (Å²) in [5, 5.41) is 13.1. The molecule has 1 aromatic carbocycles. The van der Waals surface area contributed by atoms with E-state index in [1.54, 1.807) is 6.20 Å². The normalized spacial score (nSPS) is 19.4. The SMILES string of the molecule is C[C@H](OC1CCCCO1)c1nccn1Cc1cc(-c2ccc(C#CCN3CC(C#N)C3)cc2)on1. The van der Waals surface area contributed by atoms with E-state index in [1.165, 1.54) is 0 Å². The summed E-state index contributed by atoms with van der Waals surface area (Å²) in [6, 6.07) is 12.2. The lowest BCUT2D eigenvalue weighted by atomic mass is 10.0. The van der Waals surface area contributed by atoms with Crippen molar-refractivity contribution >= 4 is 0 Å². The third-order valence-corrected chi connectivity index (χ3v) is 6.34. The smallest absolute Gasteiger partial charge is 0.167 e. The van der Waals surface area contributed by atoms with Crippen LogP contribution in [0.4, 0.5) is 0 Å². The number of rotatable bonds is 7. The fourth-order valence-electron chi connectivity index (χ4n) is 4.37. The van der Waals surface area contributed by atoms with Gasteiger partial charge in [-0.25, -0.2) is 4.98 Å². The van der Waals surface area contributed by atoms with E-state index >= 15 is 0 Å². The largest absolute Gasteiger partial charge is 0.356 e. The minimum Gasteiger partial charge on any atom is -0.356 e. The fraction of sp³-hybridized carbons (Fsp3) is 0.444. The zero-order valence-corrected chi connectivity index (χ0v) is 19.9. The van der Waals surface area contributed by atoms with Crippen molar-refractivity contribution in [3.63, 3.8) is 0 Å². The Bertz CT molecular complexity index is 1220. The highest BCUT2D eigenvalue weighted by Gasteiger charge is 2.25. The number of nitrogens with zero attached hydrogens (tertiary/aromatic N) is 5. The quantitative estimate of drug-likeness (QED) is 0.481. The molecule has 2 aliphatic heterocycles. The number of ether oxygens (including phenoxy) is 2. The van der Waals surface area contributed by atoms with E-state index in [1.807, 2.05) is 48.0 Å². The van der Waals surface area contributed by atoms with Crippen LogP contribution < -0.4 is 0 Å². The highest BCUT2D eigenvalue weighted by atomic mass is 16.7. The Kier molecular flexibility index (Phi) is 7.25. The van der Waals surface area contributed by atoms with Gasteiger partial charge in [0.05, 0.1) is 25.1 Å². The molecule has 0 radical (unpaired) electrons. The van der Waals surface area contributed by atoms with Crippen LogP contribution in [0.5, 0.6) is 0 Å². The van der Waals surface area contributed by atoms with Crippen LogP contribution in [0.25, 0.3) is 11.3 Å². The molecule has 5 rings (SSSR count). The van der Waals surface area contributed by atoms with Crippen LogP contribution >= 0.6 is 0 Å². The minimum atomic E-state index is -0.179. The molecule has 4 heterocycles. The van der Waals surface area contributed by atoms with E-state index in [9.17, 15) is 0 Å². The van der Waals surface area contributed by atoms with Gasteiger partial charge in [0.15, 0.2) is 12.1 Å². The van der Waals surface area contributed by atoms with Crippen molar-refractivity contribution in [2.75, 3.05) is 26.2 Å². The zero-order chi connectivity index (χ0) is 24.0. The first-order valence-electron chi connectivity index (χ1n) is 12.1.